The molecule has 4 heteroatoms. The fourth-order valence-corrected chi connectivity index (χ4v) is 3.30. The molecule has 0 saturated carbocycles. The average Bonchev–Trinajstić information content (AvgIpc) is 2.77. The summed E-state index contributed by atoms with van der Waals surface area (Å²) in [7, 11) is 1.63. The highest BCUT2D eigenvalue weighted by molar-refractivity contribution is 6.04. The van der Waals surface area contributed by atoms with Crippen LogP contribution in [0.3, 0.4) is 0 Å². The Kier molecular flexibility index (Phi) is 5.22. The lowest BCUT2D eigenvalue weighted by molar-refractivity contribution is -0.117. The number of anilines is 1. The molecule has 4 nitrogen and oxygen atoms in total. The fraction of sp³-hybridized carbons (Fsp3) is 0.125. The molecule has 3 aromatic carbocycles. The van der Waals surface area contributed by atoms with Gasteiger partial charge in [-0.2, -0.15) is 0 Å². The summed E-state index contributed by atoms with van der Waals surface area (Å²) < 4.78 is 11.2. The highest BCUT2D eigenvalue weighted by Crippen LogP contribution is 2.36. The van der Waals surface area contributed by atoms with Gasteiger partial charge in [-0.05, 0) is 29.8 Å². The largest absolute Gasteiger partial charge is 0.497 e. The smallest absolute Gasteiger partial charge is 0.253 e. The first-order valence-electron chi connectivity index (χ1n) is 9.16. The first-order valence-corrected chi connectivity index (χ1v) is 9.16. The molecular formula is C24H21NO3. The van der Waals surface area contributed by atoms with Crippen molar-refractivity contribution in [3.63, 3.8) is 0 Å². The molecule has 0 fully saturated rings. The van der Waals surface area contributed by atoms with Crippen LogP contribution < -0.4 is 9.64 Å². The minimum atomic E-state index is -0.455. The number of hydrogen-bond donors (Lipinski definition) is 0. The number of fused-ring (bicyclic) bond motifs is 1. The Bertz CT molecular complexity index is 980. The monoisotopic (exact) mass is 371 g/mol. The van der Waals surface area contributed by atoms with Crippen molar-refractivity contribution in [3.8, 4) is 5.75 Å². The van der Waals surface area contributed by atoms with E-state index in [-0.39, 0.29) is 5.91 Å². The quantitative estimate of drug-likeness (QED) is 0.608. The number of para-hydroxylation sites is 1. The minimum Gasteiger partial charge on any atom is -0.497 e. The molecule has 4 rings (SSSR count). The molecule has 0 saturated heterocycles. The van der Waals surface area contributed by atoms with Crippen molar-refractivity contribution >= 4 is 17.7 Å². The van der Waals surface area contributed by atoms with Crippen LogP contribution in [0.25, 0.3) is 6.08 Å². The van der Waals surface area contributed by atoms with Crippen molar-refractivity contribution in [1.29, 1.82) is 0 Å². The van der Waals surface area contributed by atoms with E-state index in [0.29, 0.717) is 6.61 Å². The summed E-state index contributed by atoms with van der Waals surface area (Å²) in [6.07, 6.45) is 2.94. The van der Waals surface area contributed by atoms with E-state index in [0.717, 1.165) is 28.1 Å². The summed E-state index contributed by atoms with van der Waals surface area (Å²) in [6, 6.07) is 25.2. The third-order valence-corrected chi connectivity index (χ3v) is 4.74. The molecule has 0 N–H and O–H groups in total. The predicted octanol–water partition coefficient (Wildman–Crippen LogP) is 4.97. The topological polar surface area (TPSA) is 38.8 Å². The lowest BCUT2D eigenvalue weighted by atomic mass is 10.1. The van der Waals surface area contributed by atoms with Gasteiger partial charge in [-0.1, -0.05) is 60.7 Å². The molecule has 1 heterocycles. The Labute approximate surface area is 164 Å². The first kappa shape index (κ1) is 18.0. The van der Waals surface area contributed by atoms with Crippen molar-refractivity contribution in [2.45, 2.75) is 12.8 Å². The van der Waals surface area contributed by atoms with Crippen LogP contribution in [0.5, 0.6) is 5.75 Å². The standard InChI is InChI=1S/C24H21NO3/c1-27-21-14-11-18(12-15-21)13-16-23(26)25-22-10-6-5-9-20(22)17-28-24(25)19-7-3-2-4-8-19/h2-16,24H,17H2,1H3/b16-13+. The van der Waals surface area contributed by atoms with Crippen LogP contribution in [0, 0.1) is 0 Å². The van der Waals surface area contributed by atoms with Crippen molar-refractivity contribution in [2.75, 3.05) is 12.0 Å². The lowest BCUT2D eigenvalue weighted by Crippen LogP contribution is -2.38. The maximum Gasteiger partial charge on any atom is 0.253 e. The van der Waals surface area contributed by atoms with E-state index >= 15 is 0 Å². The zero-order chi connectivity index (χ0) is 19.3. The van der Waals surface area contributed by atoms with Crippen LogP contribution in [0.15, 0.2) is 84.9 Å². The molecule has 140 valence electrons. The number of ether oxygens (including phenoxy) is 2. The zero-order valence-corrected chi connectivity index (χ0v) is 15.6. The Hall–Kier alpha value is -3.37. The van der Waals surface area contributed by atoms with Gasteiger partial charge >= 0.3 is 0 Å². The minimum absolute atomic E-state index is 0.128. The van der Waals surface area contributed by atoms with Crippen LogP contribution in [0.2, 0.25) is 0 Å². The van der Waals surface area contributed by atoms with Gasteiger partial charge in [-0.3, -0.25) is 9.69 Å². The van der Waals surface area contributed by atoms with Gasteiger partial charge in [0.2, 0.25) is 0 Å². The Morgan fingerprint density at radius 2 is 1.71 bits per heavy atom. The molecule has 0 spiro atoms. The molecule has 0 aromatic heterocycles. The van der Waals surface area contributed by atoms with Crippen LogP contribution in [-0.2, 0) is 16.1 Å². The summed E-state index contributed by atoms with van der Waals surface area (Å²) >= 11 is 0. The normalized spacial score (nSPS) is 16.0. The van der Waals surface area contributed by atoms with Gasteiger partial charge in [0.25, 0.3) is 5.91 Å². The van der Waals surface area contributed by atoms with Crippen LogP contribution in [-0.4, -0.2) is 13.0 Å². The molecule has 1 unspecified atom stereocenters. The molecule has 1 aliphatic heterocycles. The number of carbonyl (C=O) groups is 1. The number of methoxy groups -OCH3 is 1. The van der Waals surface area contributed by atoms with E-state index in [1.165, 1.54) is 0 Å². The predicted molar refractivity (Wildman–Crippen MR) is 110 cm³/mol. The first-order chi connectivity index (χ1) is 13.8. The molecule has 0 radical (unpaired) electrons. The molecule has 0 bridgehead atoms. The van der Waals surface area contributed by atoms with Gasteiger partial charge in [0.1, 0.15) is 5.75 Å². The third-order valence-electron chi connectivity index (χ3n) is 4.74. The highest BCUT2D eigenvalue weighted by Gasteiger charge is 2.31. The molecule has 1 amide bonds. The van der Waals surface area contributed by atoms with Crippen LogP contribution >= 0.6 is 0 Å². The molecular weight excluding hydrogens is 350 g/mol. The molecule has 3 aromatic rings. The zero-order valence-electron chi connectivity index (χ0n) is 15.6. The molecule has 0 aliphatic carbocycles. The number of hydrogen-bond acceptors (Lipinski definition) is 3. The van der Waals surface area contributed by atoms with Crippen molar-refractivity contribution in [2.24, 2.45) is 0 Å². The van der Waals surface area contributed by atoms with Crippen molar-refractivity contribution < 1.29 is 14.3 Å². The van der Waals surface area contributed by atoms with Gasteiger partial charge in [0.15, 0.2) is 6.23 Å². The second-order valence-corrected chi connectivity index (χ2v) is 6.52. The van der Waals surface area contributed by atoms with E-state index in [9.17, 15) is 4.79 Å². The number of rotatable bonds is 4. The Balaban J connectivity index is 1.66. The number of nitrogens with zero attached hydrogens (tertiary/aromatic N) is 1. The maximum absolute atomic E-state index is 13.2. The third kappa shape index (κ3) is 3.68. The second kappa shape index (κ2) is 8.11. The van der Waals surface area contributed by atoms with Gasteiger partial charge in [-0.25, -0.2) is 0 Å². The number of carbonyl (C=O) groups excluding carboxylic acids is 1. The summed E-state index contributed by atoms with van der Waals surface area (Å²) in [4.78, 5) is 14.9. The summed E-state index contributed by atoms with van der Waals surface area (Å²) in [5.74, 6) is 0.655. The summed E-state index contributed by atoms with van der Waals surface area (Å²) in [5, 5.41) is 0. The SMILES string of the molecule is COc1ccc(/C=C/C(=O)N2c3ccccc3COC2c2ccccc2)cc1. The van der Waals surface area contributed by atoms with E-state index in [4.69, 9.17) is 9.47 Å². The molecule has 1 aliphatic rings. The number of benzene rings is 3. The lowest BCUT2D eigenvalue weighted by Gasteiger charge is -2.36. The number of amides is 1. The Morgan fingerprint density at radius 1 is 1.00 bits per heavy atom. The van der Waals surface area contributed by atoms with Crippen LogP contribution in [0.1, 0.15) is 22.9 Å². The second-order valence-electron chi connectivity index (χ2n) is 6.52. The Morgan fingerprint density at radius 3 is 2.46 bits per heavy atom. The highest BCUT2D eigenvalue weighted by atomic mass is 16.5. The van der Waals surface area contributed by atoms with E-state index in [1.54, 1.807) is 24.2 Å². The van der Waals surface area contributed by atoms with Crippen molar-refractivity contribution in [1.82, 2.24) is 0 Å². The maximum atomic E-state index is 13.2. The van der Waals surface area contributed by atoms with Gasteiger partial charge in [0, 0.05) is 17.2 Å². The van der Waals surface area contributed by atoms with E-state index < -0.39 is 6.23 Å². The van der Waals surface area contributed by atoms with Gasteiger partial charge in [-0.15, -0.1) is 0 Å². The average molecular weight is 371 g/mol. The fourth-order valence-electron chi connectivity index (χ4n) is 3.30. The summed E-state index contributed by atoms with van der Waals surface area (Å²) in [6.45, 7) is 0.474. The molecule has 1 atom stereocenters. The molecule has 28 heavy (non-hydrogen) atoms. The van der Waals surface area contributed by atoms with Gasteiger partial charge < -0.3 is 9.47 Å². The van der Waals surface area contributed by atoms with Crippen molar-refractivity contribution in [3.05, 3.63) is 102 Å². The van der Waals surface area contributed by atoms with Gasteiger partial charge in [0.05, 0.1) is 19.4 Å². The summed E-state index contributed by atoms with van der Waals surface area (Å²) in [5.41, 5.74) is 3.76. The van der Waals surface area contributed by atoms with Crippen LogP contribution in [0.4, 0.5) is 5.69 Å². The van der Waals surface area contributed by atoms with E-state index in [2.05, 4.69) is 0 Å². The van der Waals surface area contributed by atoms with E-state index in [1.807, 2.05) is 78.9 Å².